The van der Waals surface area contributed by atoms with E-state index >= 15 is 0 Å². The topological polar surface area (TPSA) is 71.2 Å². The first-order valence-corrected chi connectivity index (χ1v) is 7.58. The Labute approximate surface area is 141 Å². The van der Waals surface area contributed by atoms with Gasteiger partial charge < -0.3 is 14.8 Å². The van der Waals surface area contributed by atoms with Crippen LogP contribution in [-0.2, 0) is 12.7 Å². The summed E-state index contributed by atoms with van der Waals surface area (Å²) < 4.78 is 40.2. The molecule has 0 amide bonds. The quantitative estimate of drug-likeness (QED) is 0.757. The summed E-state index contributed by atoms with van der Waals surface area (Å²) in [6, 6.07) is 5.08. The van der Waals surface area contributed by atoms with Crippen LogP contribution in [0.15, 0.2) is 30.5 Å². The van der Waals surface area contributed by atoms with Gasteiger partial charge in [0.2, 0.25) is 0 Å². The Hall–Kier alpha value is -2.61. The lowest BCUT2D eigenvalue weighted by atomic mass is 10.00. The zero-order chi connectivity index (χ0) is 18.4. The van der Waals surface area contributed by atoms with Crippen LogP contribution in [0.5, 0.6) is 5.75 Å². The molecule has 8 heteroatoms. The Kier molecular flexibility index (Phi) is 4.16. The van der Waals surface area contributed by atoms with Crippen molar-refractivity contribution in [2.75, 3.05) is 0 Å². The van der Waals surface area contributed by atoms with Crippen molar-refractivity contribution in [1.29, 1.82) is 0 Å². The van der Waals surface area contributed by atoms with Crippen LogP contribution in [0, 0.1) is 6.92 Å². The molecule has 0 aliphatic rings. The molecular weight excluding hydrogens is 335 g/mol. The predicted molar refractivity (Wildman–Crippen MR) is 86.0 cm³/mol. The number of halogens is 3. The van der Waals surface area contributed by atoms with Gasteiger partial charge in [0.05, 0.1) is 17.4 Å². The molecule has 1 atom stereocenters. The number of rotatable bonds is 3. The van der Waals surface area contributed by atoms with Crippen LogP contribution in [0.25, 0.3) is 22.3 Å². The third-order valence-corrected chi connectivity index (χ3v) is 3.87. The van der Waals surface area contributed by atoms with Crippen molar-refractivity contribution in [3.63, 3.8) is 0 Å². The van der Waals surface area contributed by atoms with Gasteiger partial charge in [0.15, 0.2) is 5.65 Å². The van der Waals surface area contributed by atoms with E-state index < -0.39 is 23.6 Å². The van der Waals surface area contributed by atoms with Gasteiger partial charge in [-0.2, -0.15) is 13.2 Å². The fraction of sp³-hybridized carbons (Fsp3) is 0.294. The van der Waals surface area contributed by atoms with Gasteiger partial charge in [0.1, 0.15) is 5.75 Å². The molecule has 0 unspecified atom stereocenters. The van der Waals surface area contributed by atoms with Crippen molar-refractivity contribution in [1.82, 2.24) is 14.8 Å². The van der Waals surface area contributed by atoms with Gasteiger partial charge in [0, 0.05) is 23.7 Å². The second-order valence-electron chi connectivity index (χ2n) is 6.01. The molecule has 2 aromatic heterocycles. The maximum absolute atomic E-state index is 12.8. The Morgan fingerprint density at radius 3 is 2.52 bits per heavy atom. The Balaban J connectivity index is 2.08. The minimum Gasteiger partial charge on any atom is -0.507 e. The first-order valence-electron chi connectivity index (χ1n) is 7.58. The number of phenols is 1. The Bertz CT molecular complexity index is 910. The number of hydrogen-bond acceptors (Lipinski definition) is 4. The first kappa shape index (κ1) is 17.2. The highest BCUT2D eigenvalue weighted by Crippen LogP contribution is 2.38. The van der Waals surface area contributed by atoms with Crippen LogP contribution < -0.4 is 0 Å². The molecule has 0 bridgehead atoms. The smallest absolute Gasteiger partial charge is 0.416 e. The van der Waals surface area contributed by atoms with Crippen LogP contribution in [0.1, 0.15) is 18.1 Å². The van der Waals surface area contributed by atoms with Crippen LogP contribution in [0.4, 0.5) is 13.2 Å². The van der Waals surface area contributed by atoms with Crippen LogP contribution in [0.3, 0.4) is 0 Å². The number of aliphatic hydroxyl groups excluding tert-OH is 1. The summed E-state index contributed by atoms with van der Waals surface area (Å²) in [6.45, 7) is 3.48. The largest absolute Gasteiger partial charge is 0.507 e. The van der Waals surface area contributed by atoms with E-state index in [0.717, 1.165) is 6.07 Å². The molecule has 3 rings (SSSR count). The van der Waals surface area contributed by atoms with E-state index in [4.69, 9.17) is 0 Å². The fourth-order valence-electron chi connectivity index (χ4n) is 2.81. The molecule has 0 saturated carbocycles. The molecule has 132 valence electrons. The van der Waals surface area contributed by atoms with E-state index in [9.17, 15) is 23.4 Å². The molecule has 2 N–H and O–H groups in total. The number of aryl methyl sites for hydroxylation is 1. The summed E-state index contributed by atoms with van der Waals surface area (Å²) >= 11 is 0. The summed E-state index contributed by atoms with van der Waals surface area (Å²) in [5.41, 5.74) is 0.387. The normalized spacial score (nSPS) is 13.4. The number of hydrogen-bond donors (Lipinski definition) is 2. The molecule has 0 aliphatic heterocycles. The predicted octanol–water partition coefficient (Wildman–Crippen LogP) is 3.51. The van der Waals surface area contributed by atoms with E-state index in [-0.39, 0.29) is 16.8 Å². The number of aliphatic hydroxyl groups is 1. The molecule has 25 heavy (non-hydrogen) atoms. The summed E-state index contributed by atoms with van der Waals surface area (Å²) in [7, 11) is 0. The lowest BCUT2D eigenvalue weighted by Gasteiger charge is -2.13. The minimum absolute atomic E-state index is 0.214. The zero-order valence-electron chi connectivity index (χ0n) is 13.5. The molecule has 0 fully saturated rings. The molecule has 0 radical (unpaired) electrons. The standard InChI is InChI=1S/C17H16F3N3O2/c1-9-5-12(17(18,19)20)7-14(25)15(9)13-6-11-3-4-23(8-10(2)24)16(11)22-21-13/h3-7,10,24-25H,8H2,1-2H3/t10-/m0/s1. The van der Waals surface area contributed by atoms with E-state index in [1.807, 2.05) is 0 Å². The maximum atomic E-state index is 12.8. The maximum Gasteiger partial charge on any atom is 0.416 e. The molecule has 5 nitrogen and oxygen atoms in total. The van der Waals surface area contributed by atoms with E-state index in [1.54, 1.807) is 29.8 Å². The molecule has 3 aromatic rings. The number of alkyl halides is 3. The molecule has 0 aliphatic carbocycles. The van der Waals surface area contributed by atoms with Gasteiger partial charge in [-0.15, -0.1) is 10.2 Å². The highest BCUT2D eigenvalue weighted by Gasteiger charge is 2.32. The van der Waals surface area contributed by atoms with Crippen molar-refractivity contribution in [2.24, 2.45) is 0 Å². The molecule has 2 heterocycles. The van der Waals surface area contributed by atoms with Gasteiger partial charge in [-0.05, 0) is 43.7 Å². The van der Waals surface area contributed by atoms with Gasteiger partial charge in [-0.25, -0.2) is 0 Å². The van der Waals surface area contributed by atoms with Crippen LogP contribution in [-0.4, -0.2) is 31.1 Å². The Morgan fingerprint density at radius 1 is 1.20 bits per heavy atom. The van der Waals surface area contributed by atoms with Crippen molar-refractivity contribution in [3.8, 4) is 17.0 Å². The number of aromatic nitrogens is 3. The van der Waals surface area contributed by atoms with Gasteiger partial charge in [-0.3, -0.25) is 0 Å². The molecular formula is C17H16F3N3O2. The van der Waals surface area contributed by atoms with Crippen LogP contribution >= 0.6 is 0 Å². The van der Waals surface area contributed by atoms with Gasteiger partial charge in [0.25, 0.3) is 0 Å². The third kappa shape index (κ3) is 3.30. The van der Waals surface area contributed by atoms with Gasteiger partial charge >= 0.3 is 6.18 Å². The number of nitrogens with zero attached hydrogens (tertiary/aromatic N) is 3. The average molecular weight is 351 g/mol. The first-order chi connectivity index (χ1) is 11.7. The molecule has 1 aromatic carbocycles. The van der Waals surface area contributed by atoms with E-state index in [2.05, 4.69) is 10.2 Å². The summed E-state index contributed by atoms with van der Waals surface area (Å²) in [6.07, 6.45) is -3.34. The van der Waals surface area contributed by atoms with Crippen LogP contribution in [0.2, 0.25) is 0 Å². The highest BCUT2D eigenvalue weighted by molar-refractivity contribution is 5.82. The average Bonchev–Trinajstić information content (AvgIpc) is 2.87. The number of aromatic hydroxyl groups is 1. The van der Waals surface area contributed by atoms with E-state index in [1.165, 1.54) is 6.92 Å². The SMILES string of the molecule is Cc1cc(C(F)(F)F)cc(O)c1-c1cc2ccn(C[C@H](C)O)c2nn1. The van der Waals surface area contributed by atoms with Crippen molar-refractivity contribution in [3.05, 3.63) is 41.6 Å². The second kappa shape index (κ2) is 6.03. The van der Waals surface area contributed by atoms with Crippen molar-refractivity contribution >= 4 is 11.0 Å². The summed E-state index contributed by atoms with van der Waals surface area (Å²) in [5, 5.41) is 28.4. The summed E-state index contributed by atoms with van der Waals surface area (Å²) in [5.74, 6) is -0.496. The summed E-state index contributed by atoms with van der Waals surface area (Å²) in [4.78, 5) is 0. The molecule has 0 saturated heterocycles. The highest BCUT2D eigenvalue weighted by atomic mass is 19.4. The Morgan fingerprint density at radius 2 is 1.92 bits per heavy atom. The monoisotopic (exact) mass is 351 g/mol. The van der Waals surface area contributed by atoms with Gasteiger partial charge in [-0.1, -0.05) is 0 Å². The minimum atomic E-state index is -4.53. The van der Waals surface area contributed by atoms with Crippen molar-refractivity contribution in [2.45, 2.75) is 32.7 Å². The zero-order valence-corrected chi connectivity index (χ0v) is 13.5. The number of fused-ring (bicyclic) bond motifs is 1. The number of phenolic OH excluding ortho intramolecular Hbond substituents is 1. The number of benzene rings is 1. The second-order valence-corrected chi connectivity index (χ2v) is 6.01. The lowest BCUT2D eigenvalue weighted by Crippen LogP contribution is -2.11. The third-order valence-electron chi connectivity index (χ3n) is 3.87. The van der Waals surface area contributed by atoms with E-state index in [0.29, 0.717) is 23.6 Å². The molecule has 0 spiro atoms. The lowest BCUT2D eigenvalue weighted by molar-refractivity contribution is -0.137. The fourth-order valence-corrected chi connectivity index (χ4v) is 2.81. The van der Waals surface area contributed by atoms with Crippen molar-refractivity contribution < 1.29 is 23.4 Å².